The first-order chi connectivity index (χ1) is 11.0. The second-order valence-corrected chi connectivity index (χ2v) is 4.96. The van der Waals surface area contributed by atoms with E-state index in [0.29, 0.717) is 23.4 Å². The zero-order valence-electron chi connectivity index (χ0n) is 12.8. The Kier molecular flexibility index (Phi) is 5.64. The van der Waals surface area contributed by atoms with Crippen LogP contribution >= 0.6 is 0 Å². The quantitative estimate of drug-likeness (QED) is 0.728. The van der Waals surface area contributed by atoms with Crippen LogP contribution in [0.15, 0.2) is 30.5 Å². The molecule has 0 spiro atoms. The molecule has 1 aromatic carbocycles. The van der Waals surface area contributed by atoms with Gasteiger partial charge in [0.05, 0.1) is 17.5 Å². The van der Waals surface area contributed by atoms with Gasteiger partial charge in [0.15, 0.2) is 0 Å². The van der Waals surface area contributed by atoms with Crippen molar-refractivity contribution in [1.29, 1.82) is 0 Å². The van der Waals surface area contributed by atoms with Gasteiger partial charge in [-0.3, -0.25) is 9.89 Å². The van der Waals surface area contributed by atoms with Crippen LogP contribution in [-0.4, -0.2) is 42.4 Å². The number of aromatic nitrogens is 2. The molecule has 0 radical (unpaired) electrons. The van der Waals surface area contributed by atoms with Crippen LogP contribution in [0.1, 0.15) is 17.3 Å². The maximum atomic E-state index is 12.3. The molecule has 0 saturated heterocycles. The van der Waals surface area contributed by atoms with Crippen molar-refractivity contribution in [2.24, 2.45) is 0 Å². The summed E-state index contributed by atoms with van der Waals surface area (Å²) in [6.45, 7) is -0.520. The van der Waals surface area contributed by atoms with Crippen LogP contribution in [0.2, 0.25) is 0 Å². The van der Waals surface area contributed by atoms with Crippen LogP contribution < -0.4 is 15.4 Å². The molecule has 8 heteroatoms. The molecule has 0 aliphatic rings. The summed E-state index contributed by atoms with van der Waals surface area (Å²) in [5.41, 5.74) is 1.31. The van der Waals surface area contributed by atoms with Crippen molar-refractivity contribution < 1.29 is 18.3 Å². The van der Waals surface area contributed by atoms with Gasteiger partial charge in [-0.25, -0.2) is 0 Å². The summed E-state index contributed by atoms with van der Waals surface area (Å²) in [6.07, 6.45) is 1.40. The number of carbonyl (C=O) groups is 1. The Morgan fingerprint density at radius 3 is 2.91 bits per heavy atom. The van der Waals surface area contributed by atoms with Crippen molar-refractivity contribution in [3.63, 3.8) is 0 Å². The van der Waals surface area contributed by atoms with E-state index in [0.717, 1.165) is 0 Å². The third-order valence-corrected chi connectivity index (χ3v) is 3.29. The second kappa shape index (κ2) is 7.68. The van der Waals surface area contributed by atoms with Gasteiger partial charge in [0, 0.05) is 18.2 Å². The molecule has 0 saturated carbocycles. The van der Waals surface area contributed by atoms with Crippen LogP contribution in [0, 0.1) is 0 Å². The Morgan fingerprint density at radius 2 is 2.22 bits per heavy atom. The van der Waals surface area contributed by atoms with E-state index in [9.17, 15) is 13.6 Å². The molecule has 3 N–H and O–H groups in total. The maximum Gasteiger partial charge on any atom is 0.387 e. The fourth-order valence-corrected chi connectivity index (χ4v) is 1.95. The lowest BCUT2D eigenvalue weighted by Crippen LogP contribution is -2.37. The van der Waals surface area contributed by atoms with Crippen LogP contribution in [0.3, 0.4) is 0 Å². The number of carbonyl (C=O) groups excluding carboxylic acids is 1. The topological polar surface area (TPSA) is 79.0 Å². The molecule has 1 unspecified atom stereocenters. The second-order valence-electron chi connectivity index (χ2n) is 4.96. The number of amides is 1. The number of ether oxygens (including phenoxy) is 1. The predicted molar refractivity (Wildman–Crippen MR) is 81.5 cm³/mol. The number of H-pyrrole nitrogens is 1. The summed E-state index contributed by atoms with van der Waals surface area (Å²) in [5.74, 6) is -0.279. The van der Waals surface area contributed by atoms with Gasteiger partial charge in [0.1, 0.15) is 5.75 Å². The van der Waals surface area contributed by atoms with Gasteiger partial charge in [0.2, 0.25) is 0 Å². The van der Waals surface area contributed by atoms with Crippen LogP contribution in [0.4, 0.5) is 8.78 Å². The number of nitrogens with one attached hydrogen (secondary N) is 3. The van der Waals surface area contributed by atoms with E-state index in [1.54, 1.807) is 19.2 Å². The highest BCUT2D eigenvalue weighted by molar-refractivity contribution is 5.99. The van der Waals surface area contributed by atoms with Crippen molar-refractivity contribution in [2.45, 2.75) is 19.6 Å². The summed E-state index contributed by atoms with van der Waals surface area (Å²) >= 11 is 0. The fraction of sp³-hybridized carbons (Fsp3) is 0.333. The third-order valence-electron chi connectivity index (χ3n) is 3.29. The molecule has 0 bridgehead atoms. The van der Waals surface area contributed by atoms with Crippen LogP contribution in [0.5, 0.6) is 5.75 Å². The minimum atomic E-state index is -2.90. The van der Waals surface area contributed by atoms with E-state index < -0.39 is 6.61 Å². The molecule has 6 nitrogen and oxygen atoms in total. The zero-order chi connectivity index (χ0) is 16.8. The molecule has 23 heavy (non-hydrogen) atoms. The van der Waals surface area contributed by atoms with Gasteiger partial charge in [-0.2, -0.15) is 13.9 Å². The minimum Gasteiger partial charge on any atom is -0.435 e. The molecule has 0 fully saturated rings. The summed E-state index contributed by atoms with van der Waals surface area (Å²) < 4.78 is 29.0. The fourth-order valence-electron chi connectivity index (χ4n) is 1.95. The highest BCUT2D eigenvalue weighted by Gasteiger charge is 2.16. The molecule has 2 aromatic rings. The number of hydrogen-bond acceptors (Lipinski definition) is 4. The molecule has 0 aliphatic heterocycles. The van der Waals surface area contributed by atoms with Crippen molar-refractivity contribution in [3.05, 3.63) is 36.0 Å². The lowest BCUT2D eigenvalue weighted by atomic mass is 10.1. The number of hydrogen-bond donors (Lipinski definition) is 3. The summed E-state index contributed by atoms with van der Waals surface area (Å²) in [7, 11) is 1.80. The van der Waals surface area contributed by atoms with Gasteiger partial charge < -0.3 is 15.4 Å². The number of halogens is 2. The first-order valence-corrected chi connectivity index (χ1v) is 7.05. The first kappa shape index (κ1) is 16.9. The van der Waals surface area contributed by atoms with Crippen LogP contribution in [0.25, 0.3) is 11.3 Å². The Labute approximate surface area is 132 Å². The monoisotopic (exact) mass is 324 g/mol. The number of nitrogens with zero attached hydrogens (tertiary/aromatic N) is 1. The molecule has 124 valence electrons. The minimum absolute atomic E-state index is 0.0160. The average Bonchev–Trinajstić information content (AvgIpc) is 3.01. The van der Waals surface area contributed by atoms with E-state index in [-0.39, 0.29) is 17.7 Å². The van der Waals surface area contributed by atoms with Crippen molar-refractivity contribution >= 4 is 5.91 Å². The SMILES string of the molecule is CNC(C)CNC(=O)c1cn[nH]c1-c1cccc(OC(F)F)c1. The summed E-state index contributed by atoms with van der Waals surface area (Å²) in [6, 6.07) is 6.21. The normalized spacial score (nSPS) is 12.2. The molecule has 1 heterocycles. The standard InChI is InChI=1S/C15H18F2N4O2/c1-9(18-2)7-19-14(22)12-8-20-21-13(12)10-4-3-5-11(6-10)23-15(16)17/h3-6,8-9,15,18H,7H2,1-2H3,(H,19,22)(H,20,21). The first-order valence-electron chi connectivity index (χ1n) is 7.05. The van der Waals surface area contributed by atoms with E-state index in [1.165, 1.54) is 18.3 Å². The molecular weight excluding hydrogens is 306 g/mol. The van der Waals surface area contributed by atoms with Crippen molar-refractivity contribution in [3.8, 4) is 17.0 Å². The Balaban J connectivity index is 2.19. The molecule has 1 amide bonds. The Bertz CT molecular complexity index is 660. The molecular formula is C15H18F2N4O2. The highest BCUT2D eigenvalue weighted by Crippen LogP contribution is 2.25. The van der Waals surface area contributed by atoms with E-state index in [4.69, 9.17) is 0 Å². The molecule has 0 aliphatic carbocycles. The largest absolute Gasteiger partial charge is 0.435 e. The van der Waals surface area contributed by atoms with E-state index in [2.05, 4.69) is 25.6 Å². The third kappa shape index (κ3) is 4.49. The van der Waals surface area contributed by atoms with Gasteiger partial charge >= 0.3 is 6.61 Å². The van der Waals surface area contributed by atoms with Gasteiger partial charge in [-0.1, -0.05) is 12.1 Å². The van der Waals surface area contributed by atoms with Crippen molar-refractivity contribution in [1.82, 2.24) is 20.8 Å². The number of likely N-dealkylation sites (N-methyl/N-ethyl adjacent to an activating group) is 1. The zero-order valence-corrected chi connectivity index (χ0v) is 12.8. The lowest BCUT2D eigenvalue weighted by Gasteiger charge is -2.11. The smallest absolute Gasteiger partial charge is 0.387 e. The predicted octanol–water partition coefficient (Wildman–Crippen LogP) is 2.02. The maximum absolute atomic E-state index is 12.3. The van der Waals surface area contributed by atoms with Gasteiger partial charge in [0.25, 0.3) is 5.91 Å². The Hall–Kier alpha value is -2.48. The number of benzene rings is 1. The molecule has 1 atom stereocenters. The van der Waals surface area contributed by atoms with Gasteiger partial charge in [-0.05, 0) is 26.1 Å². The lowest BCUT2D eigenvalue weighted by molar-refractivity contribution is -0.0498. The average molecular weight is 324 g/mol. The number of aromatic amines is 1. The summed E-state index contributed by atoms with van der Waals surface area (Å²) in [5, 5.41) is 12.4. The molecule has 2 rings (SSSR count). The van der Waals surface area contributed by atoms with E-state index >= 15 is 0 Å². The molecule has 1 aromatic heterocycles. The van der Waals surface area contributed by atoms with E-state index in [1.807, 2.05) is 6.92 Å². The Morgan fingerprint density at radius 1 is 1.43 bits per heavy atom. The number of alkyl halides is 2. The summed E-state index contributed by atoms with van der Waals surface area (Å²) in [4.78, 5) is 12.2. The van der Waals surface area contributed by atoms with Crippen LogP contribution in [-0.2, 0) is 0 Å². The highest BCUT2D eigenvalue weighted by atomic mass is 19.3. The van der Waals surface area contributed by atoms with Crippen molar-refractivity contribution in [2.75, 3.05) is 13.6 Å². The van der Waals surface area contributed by atoms with Gasteiger partial charge in [-0.15, -0.1) is 0 Å². The number of rotatable bonds is 7.